The molecule has 3 aromatic rings. The Balaban J connectivity index is 1.66. The van der Waals surface area contributed by atoms with E-state index in [-0.39, 0.29) is 5.91 Å². The molecule has 0 aliphatic carbocycles. The third-order valence-corrected chi connectivity index (χ3v) is 5.88. The molecule has 0 saturated heterocycles. The van der Waals surface area contributed by atoms with Crippen LogP contribution in [-0.4, -0.2) is 17.4 Å². The molecule has 1 atom stereocenters. The lowest BCUT2D eigenvalue weighted by Gasteiger charge is -2.47. The van der Waals surface area contributed by atoms with Crippen LogP contribution in [0.3, 0.4) is 0 Å². The lowest BCUT2D eigenvalue weighted by atomic mass is 9.93. The van der Waals surface area contributed by atoms with Crippen LogP contribution in [-0.2, 0) is 12.2 Å². The fraction of sp³-hybridized carbons (Fsp3) is 0.296. The summed E-state index contributed by atoms with van der Waals surface area (Å²) in [5.74, 6) is 1.49. The minimum absolute atomic E-state index is 0.0259. The number of nitrogens with one attached hydrogen (secondary N) is 1. The zero-order chi connectivity index (χ0) is 21.8. The predicted octanol–water partition coefficient (Wildman–Crippen LogP) is 6.05. The van der Waals surface area contributed by atoms with Gasteiger partial charge in [0.1, 0.15) is 11.4 Å². The summed E-state index contributed by atoms with van der Waals surface area (Å²) in [5, 5.41) is 3.63. The van der Waals surface area contributed by atoms with Gasteiger partial charge in [0.15, 0.2) is 0 Å². The van der Waals surface area contributed by atoms with Gasteiger partial charge in [-0.2, -0.15) is 0 Å². The number of ether oxygens (including phenoxy) is 1. The van der Waals surface area contributed by atoms with Crippen LogP contribution in [0, 0.1) is 5.92 Å². The molecule has 1 N–H and O–H groups in total. The molecule has 1 heterocycles. The largest absolute Gasteiger partial charge is 0.494 e. The Labute approximate surface area is 184 Å². The predicted molar refractivity (Wildman–Crippen MR) is 125 cm³/mol. The van der Waals surface area contributed by atoms with Crippen LogP contribution < -0.4 is 10.1 Å². The van der Waals surface area contributed by atoms with Crippen molar-refractivity contribution in [1.82, 2.24) is 4.90 Å². The first kappa shape index (κ1) is 21.0. The van der Waals surface area contributed by atoms with Gasteiger partial charge < -0.3 is 15.0 Å². The number of carbonyl (C=O) groups is 1. The smallest absolute Gasteiger partial charge is 0.258 e. The fourth-order valence-electron chi connectivity index (χ4n) is 3.97. The maximum absolute atomic E-state index is 13.5. The molecule has 160 valence electrons. The second kappa shape index (κ2) is 8.84. The van der Waals surface area contributed by atoms with Crippen molar-refractivity contribution < 1.29 is 9.53 Å². The van der Waals surface area contributed by atoms with E-state index in [0.717, 1.165) is 29.0 Å². The van der Waals surface area contributed by atoms with E-state index in [0.29, 0.717) is 24.6 Å². The summed E-state index contributed by atoms with van der Waals surface area (Å²) in [6.07, 6.45) is 1.02. The highest BCUT2D eigenvalue weighted by atomic mass is 16.5. The summed E-state index contributed by atoms with van der Waals surface area (Å²) in [5.41, 5.74) is 2.98. The van der Waals surface area contributed by atoms with Crippen LogP contribution in [0.5, 0.6) is 5.75 Å². The van der Waals surface area contributed by atoms with E-state index in [4.69, 9.17) is 4.74 Å². The van der Waals surface area contributed by atoms with Gasteiger partial charge in [-0.1, -0.05) is 68.4 Å². The summed E-state index contributed by atoms with van der Waals surface area (Å²) in [4.78, 5) is 15.5. The number of carbonyl (C=O) groups excluding carboxylic acids is 1. The van der Waals surface area contributed by atoms with Crippen molar-refractivity contribution in [3.63, 3.8) is 0 Å². The average Bonchev–Trinajstić information content (AvgIpc) is 2.77. The van der Waals surface area contributed by atoms with Gasteiger partial charge in [0, 0.05) is 12.2 Å². The summed E-state index contributed by atoms with van der Waals surface area (Å²) in [6.45, 7) is 7.68. The van der Waals surface area contributed by atoms with E-state index < -0.39 is 5.66 Å². The summed E-state index contributed by atoms with van der Waals surface area (Å²) >= 11 is 0. The second-order valence-corrected chi connectivity index (χ2v) is 8.68. The Morgan fingerprint density at radius 2 is 1.61 bits per heavy atom. The van der Waals surface area contributed by atoms with E-state index in [1.807, 2.05) is 59.5 Å². The maximum Gasteiger partial charge on any atom is 0.258 e. The molecular formula is C27H30N2O2. The molecule has 0 bridgehead atoms. The number of nitrogens with zero attached hydrogens (tertiary/aromatic N) is 1. The zero-order valence-corrected chi connectivity index (χ0v) is 18.5. The molecule has 0 fully saturated rings. The van der Waals surface area contributed by atoms with E-state index in [1.54, 1.807) is 0 Å². The number of para-hydroxylation sites is 1. The van der Waals surface area contributed by atoms with Crippen molar-refractivity contribution in [2.24, 2.45) is 5.92 Å². The first-order valence-corrected chi connectivity index (χ1v) is 10.9. The average molecular weight is 415 g/mol. The second-order valence-electron chi connectivity index (χ2n) is 8.68. The van der Waals surface area contributed by atoms with Crippen molar-refractivity contribution in [1.29, 1.82) is 0 Å². The number of benzene rings is 3. The minimum Gasteiger partial charge on any atom is -0.494 e. The summed E-state index contributed by atoms with van der Waals surface area (Å²) in [7, 11) is 0. The summed E-state index contributed by atoms with van der Waals surface area (Å²) in [6, 6.07) is 25.9. The Bertz CT molecular complexity index is 1030. The molecule has 4 heteroatoms. The van der Waals surface area contributed by atoms with E-state index in [2.05, 4.69) is 50.4 Å². The first-order valence-electron chi connectivity index (χ1n) is 10.9. The molecule has 0 radical (unpaired) electrons. The van der Waals surface area contributed by atoms with Crippen molar-refractivity contribution >= 4 is 11.6 Å². The molecule has 1 aliphatic rings. The van der Waals surface area contributed by atoms with Gasteiger partial charge in [-0.05, 0) is 54.7 Å². The molecule has 0 saturated carbocycles. The van der Waals surface area contributed by atoms with Crippen molar-refractivity contribution in [3.8, 4) is 5.75 Å². The molecule has 3 aromatic carbocycles. The van der Waals surface area contributed by atoms with Gasteiger partial charge >= 0.3 is 0 Å². The number of amides is 1. The van der Waals surface area contributed by atoms with Crippen LogP contribution in [0.4, 0.5) is 5.69 Å². The van der Waals surface area contributed by atoms with Crippen LogP contribution in [0.25, 0.3) is 0 Å². The van der Waals surface area contributed by atoms with Crippen LogP contribution in [0.1, 0.15) is 48.7 Å². The first-order chi connectivity index (χ1) is 15.0. The topological polar surface area (TPSA) is 41.6 Å². The Morgan fingerprint density at radius 1 is 0.935 bits per heavy atom. The number of anilines is 1. The fourth-order valence-corrected chi connectivity index (χ4v) is 3.97. The standard InChI is InChI=1S/C27H30N2O2/c1-20(2)17-18-31-23-15-13-22(14-16-23)27(3)28-25-12-8-7-11-24(25)26(30)29(27)19-21-9-5-4-6-10-21/h4-16,20,28H,17-19H2,1-3H3. The van der Waals surface area contributed by atoms with Crippen LogP contribution in [0.2, 0.25) is 0 Å². The Kier molecular flexibility index (Phi) is 5.99. The normalized spacial score (nSPS) is 17.9. The van der Waals surface area contributed by atoms with Gasteiger partial charge in [0.2, 0.25) is 0 Å². The van der Waals surface area contributed by atoms with Crippen molar-refractivity contribution in [2.75, 3.05) is 11.9 Å². The van der Waals surface area contributed by atoms with E-state index in [1.165, 1.54) is 0 Å². The van der Waals surface area contributed by atoms with Crippen LogP contribution in [0.15, 0.2) is 78.9 Å². The molecule has 0 aromatic heterocycles. The molecule has 1 amide bonds. The Morgan fingerprint density at radius 3 is 2.32 bits per heavy atom. The molecule has 1 aliphatic heterocycles. The Hall–Kier alpha value is -3.27. The number of rotatable bonds is 7. The van der Waals surface area contributed by atoms with Crippen molar-refractivity contribution in [3.05, 3.63) is 95.6 Å². The molecule has 0 spiro atoms. The maximum atomic E-state index is 13.5. The highest BCUT2D eigenvalue weighted by Gasteiger charge is 2.42. The molecular weight excluding hydrogens is 384 g/mol. The summed E-state index contributed by atoms with van der Waals surface area (Å²) < 4.78 is 5.89. The number of hydrogen-bond donors (Lipinski definition) is 1. The quantitative estimate of drug-likeness (QED) is 0.511. The SMILES string of the molecule is CC(C)CCOc1ccc(C2(C)Nc3ccccc3C(=O)N2Cc2ccccc2)cc1. The molecule has 31 heavy (non-hydrogen) atoms. The lowest BCUT2D eigenvalue weighted by Crippen LogP contribution is -2.55. The van der Waals surface area contributed by atoms with Gasteiger partial charge in [0.05, 0.1) is 12.2 Å². The minimum atomic E-state index is -0.683. The van der Waals surface area contributed by atoms with E-state index >= 15 is 0 Å². The van der Waals surface area contributed by atoms with E-state index in [9.17, 15) is 4.79 Å². The van der Waals surface area contributed by atoms with Crippen LogP contribution >= 0.6 is 0 Å². The molecule has 4 rings (SSSR count). The van der Waals surface area contributed by atoms with Gasteiger partial charge in [0.25, 0.3) is 5.91 Å². The lowest BCUT2D eigenvalue weighted by molar-refractivity contribution is 0.0509. The van der Waals surface area contributed by atoms with Gasteiger partial charge in [-0.3, -0.25) is 4.79 Å². The molecule has 4 nitrogen and oxygen atoms in total. The highest BCUT2D eigenvalue weighted by Crippen LogP contribution is 2.39. The third kappa shape index (κ3) is 4.43. The monoisotopic (exact) mass is 414 g/mol. The number of fused-ring (bicyclic) bond motifs is 1. The number of hydrogen-bond acceptors (Lipinski definition) is 3. The van der Waals surface area contributed by atoms with Gasteiger partial charge in [-0.25, -0.2) is 0 Å². The molecule has 1 unspecified atom stereocenters. The highest BCUT2D eigenvalue weighted by molar-refractivity contribution is 6.02. The van der Waals surface area contributed by atoms with Gasteiger partial charge in [-0.15, -0.1) is 0 Å². The van der Waals surface area contributed by atoms with Crippen molar-refractivity contribution in [2.45, 2.75) is 39.4 Å². The zero-order valence-electron chi connectivity index (χ0n) is 18.5. The third-order valence-electron chi connectivity index (χ3n) is 5.88.